The molecule has 0 spiro atoms. The van der Waals surface area contributed by atoms with Gasteiger partial charge in [0.05, 0.1) is 16.8 Å². The number of anilines is 1. The second kappa shape index (κ2) is 12.6. The molecule has 4 rings (SSSR count). The number of carbonyl (C=O) groups excluding carboxylic acids is 4. The maximum absolute atomic E-state index is 13.2. The van der Waals surface area contributed by atoms with Crippen molar-refractivity contribution in [1.29, 1.82) is 0 Å². The first-order valence-electron chi connectivity index (χ1n) is 12.0. The predicted octanol–water partition coefficient (Wildman–Crippen LogP) is 0.465. The SMILES string of the molecule is CN1CCc2nc(C(=O)N[C@@H]3C[C@@H](C(=O)N(C)C)CC[C@@H]3NC(=O)C(=O)Nc3ccc(Cl)cn3)sc2C1.O. The minimum absolute atomic E-state index is 0. The summed E-state index contributed by atoms with van der Waals surface area (Å²) in [6, 6.07) is 1.95. The molecule has 206 valence electrons. The van der Waals surface area contributed by atoms with Gasteiger partial charge in [0.15, 0.2) is 5.01 Å². The van der Waals surface area contributed by atoms with Gasteiger partial charge in [0.25, 0.3) is 5.91 Å². The molecular formula is C24H32ClN7O5S. The number of thiazole rings is 1. The van der Waals surface area contributed by atoms with Gasteiger partial charge in [-0.05, 0) is 38.4 Å². The summed E-state index contributed by atoms with van der Waals surface area (Å²) in [5, 5.41) is 8.91. The van der Waals surface area contributed by atoms with E-state index in [-0.39, 0.29) is 29.0 Å². The van der Waals surface area contributed by atoms with Gasteiger partial charge in [0.2, 0.25) is 5.91 Å². The number of nitrogens with one attached hydrogen (secondary N) is 3. The van der Waals surface area contributed by atoms with Gasteiger partial charge >= 0.3 is 11.8 Å². The molecule has 3 atom stereocenters. The van der Waals surface area contributed by atoms with Crippen LogP contribution in [0.2, 0.25) is 5.02 Å². The first kappa shape index (κ1) is 29.4. The third-order valence-electron chi connectivity index (χ3n) is 6.56. The van der Waals surface area contributed by atoms with E-state index in [0.717, 1.165) is 30.1 Å². The van der Waals surface area contributed by atoms with Gasteiger partial charge in [-0.3, -0.25) is 19.2 Å². The molecule has 2 aromatic heterocycles. The highest BCUT2D eigenvalue weighted by Gasteiger charge is 2.37. The van der Waals surface area contributed by atoms with Gasteiger partial charge in [-0.25, -0.2) is 9.97 Å². The Morgan fingerprint density at radius 1 is 1.11 bits per heavy atom. The third kappa shape index (κ3) is 7.04. The average molecular weight is 566 g/mol. The van der Waals surface area contributed by atoms with Crippen molar-refractivity contribution in [1.82, 2.24) is 30.4 Å². The topological polar surface area (TPSA) is 168 Å². The highest BCUT2D eigenvalue weighted by molar-refractivity contribution is 7.13. The first-order valence-corrected chi connectivity index (χ1v) is 13.2. The molecular weight excluding hydrogens is 534 g/mol. The van der Waals surface area contributed by atoms with Crippen LogP contribution < -0.4 is 16.0 Å². The van der Waals surface area contributed by atoms with Crippen molar-refractivity contribution in [3.63, 3.8) is 0 Å². The molecule has 0 radical (unpaired) electrons. The zero-order valence-corrected chi connectivity index (χ0v) is 23.0. The fraction of sp³-hybridized carbons (Fsp3) is 0.500. The molecule has 1 aliphatic carbocycles. The normalized spacial score (nSPS) is 20.9. The van der Waals surface area contributed by atoms with Crippen molar-refractivity contribution >= 4 is 52.4 Å². The van der Waals surface area contributed by atoms with E-state index in [0.29, 0.717) is 29.3 Å². The van der Waals surface area contributed by atoms with Crippen LogP contribution in [0.25, 0.3) is 0 Å². The molecule has 0 aromatic carbocycles. The summed E-state index contributed by atoms with van der Waals surface area (Å²) in [6.45, 7) is 1.63. The Labute approximate surface area is 229 Å². The number of amides is 4. The van der Waals surface area contributed by atoms with Crippen LogP contribution in [0.3, 0.4) is 0 Å². The zero-order valence-electron chi connectivity index (χ0n) is 21.4. The van der Waals surface area contributed by atoms with Gasteiger partial charge in [-0.1, -0.05) is 11.6 Å². The number of nitrogens with zero attached hydrogens (tertiary/aromatic N) is 4. The van der Waals surface area contributed by atoms with E-state index < -0.39 is 23.9 Å². The molecule has 0 saturated heterocycles. The lowest BCUT2D eigenvalue weighted by molar-refractivity contribution is -0.137. The van der Waals surface area contributed by atoms with Crippen molar-refractivity contribution < 1.29 is 24.7 Å². The Hall–Kier alpha value is -3.13. The van der Waals surface area contributed by atoms with Crippen LogP contribution in [0.1, 0.15) is 39.6 Å². The van der Waals surface area contributed by atoms with Crippen LogP contribution in [0.15, 0.2) is 18.3 Å². The maximum Gasteiger partial charge on any atom is 0.314 e. The maximum atomic E-state index is 13.2. The third-order valence-corrected chi connectivity index (χ3v) is 7.87. The summed E-state index contributed by atoms with van der Waals surface area (Å²) in [4.78, 5) is 64.3. The van der Waals surface area contributed by atoms with Crippen LogP contribution in [0, 0.1) is 5.92 Å². The smallest absolute Gasteiger partial charge is 0.314 e. The lowest BCUT2D eigenvalue weighted by Gasteiger charge is -2.37. The molecule has 38 heavy (non-hydrogen) atoms. The molecule has 2 aromatic rings. The minimum Gasteiger partial charge on any atom is -0.412 e. The molecule has 1 fully saturated rings. The van der Waals surface area contributed by atoms with Gasteiger partial charge in [0, 0.05) is 56.6 Å². The summed E-state index contributed by atoms with van der Waals surface area (Å²) in [5.74, 6) is -2.25. The van der Waals surface area contributed by atoms with Crippen molar-refractivity contribution in [2.24, 2.45) is 5.92 Å². The fourth-order valence-electron chi connectivity index (χ4n) is 4.60. The number of likely N-dealkylation sites (N-methyl/N-ethyl adjacent to an activating group) is 1. The van der Waals surface area contributed by atoms with Gasteiger partial charge in [0.1, 0.15) is 5.82 Å². The Morgan fingerprint density at radius 2 is 1.87 bits per heavy atom. The van der Waals surface area contributed by atoms with Crippen molar-refractivity contribution in [3.05, 3.63) is 38.9 Å². The highest BCUT2D eigenvalue weighted by Crippen LogP contribution is 2.28. The Morgan fingerprint density at radius 3 is 2.55 bits per heavy atom. The molecule has 14 heteroatoms. The number of rotatable bonds is 5. The van der Waals surface area contributed by atoms with Gasteiger partial charge in [-0.15, -0.1) is 11.3 Å². The summed E-state index contributed by atoms with van der Waals surface area (Å²) in [5.41, 5.74) is 0.940. The number of hydrogen-bond donors (Lipinski definition) is 3. The number of hydrogen-bond acceptors (Lipinski definition) is 8. The largest absolute Gasteiger partial charge is 0.412 e. The summed E-state index contributed by atoms with van der Waals surface area (Å²) < 4.78 is 0. The lowest BCUT2D eigenvalue weighted by atomic mass is 9.81. The van der Waals surface area contributed by atoms with Crippen LogP contribution in [-0.2, 0) is 27.3 Å². The van der Waals surface area contributed by atoms with E-state index in [1.807, 2.05) is 7.05 Å². The molecule has 0 unspecified atom stereocenters. The van der Waals surface area contributed by atoms with E-state index >= 15 is 0 Å². The zero-order chi connectivity index (χ0) is 26.7. The van der Waals surface area contributed by atoms with Gasteiger partial charge in [-0.2, -0.15) is 0 Å². The second-order valence-corrected chi connectivity index (χ2v) is 11.1. The molecule has 4 amide bonds. The van der Waals surface area contributed by atoms with Crippen LogP contribution in [-0.4, -0.2) is 88.6 Å². The monoisotopic (exact) mass is 565 g/mol. The highest BCUT2D eigenvalue weighted by atomic mass is 35.5. The summed E-state index contributed by atoms with van der Waals surface area (Å²) >= 11 is 7.17. The van der Waals surface area contributed by atoms with E-state index in [1.54, 1.807) is 20.2 Å². The number of pyridine rings is 1. The molecule has 2 aliphatic rings. The standard InChI is InChI=1S/C24H30ClN7O4S.H2O/c1-31(2)24(36)13-4-6-15(27-20(33)21(34)30-19-7-5-14(25)11-26-19)17(10-13)28-22(35)23-29-16-8-9-32(3)12-18(16)37-23;/h5,7,11,13,15,17H,4,6,8-10,12H2,1-3H3,(H,27,33)(H,28,35)(H,26,30,34);1H2/t13-,15-,17+;/m0./s1. The average Bonchev–Trinajstić information content (AvgIpc) is 3.29. The second-order valence-electron chi connectivity index (χ2n) is 9.60. The van der Waals surface area contributed by atoms with Crippen LogP contribution in [0.5, 0.6) is 0 Å². The van der Waals surface area contributed by atoms with Crippen LogP contribution >= 0.6 is 22.9 Å². The van der Waals surface area contributed by atoms with Crippen molar-refractivity contribution in [3.8, 4) is 0 Å². The molecule has 0 bridgehead atoms. The predicted molar refractivity (Wildman–Crippen MR) is 143 cm³/mol. The fourth-order valence-corrected chi connectivity index (χ4v) is 5.80. The van der Waals surface area contributed by atoms with Crippen molar-refractivity contribution in [2.75, 3.05) is 33.0 Å². The van der Waals surface area contributed by atoms with E-state index in [2.05, 4.69) is 30.8 Å². The molecule has 1 aliphatic heterocycles. The molecule has 1 saturated carbocycles. The van der Waals surface area contributed by atoms with E-state index in [1.165, 1.54) is 28.5 Å². The number of aromatic nitrogens is 2. The van der Waals surface area contributed by atoms with E-state index in [4.69, 9.17) is 11.6 Å². The first-order chi connectivity index (χ1) is 17.6. The molecule has 3 heterocycles. The lowest BCUT2D eigenvalue weighted by Crippen LogP contribution is -2.57. The van der Waals surface area contributed by atoms with Gasteiger partial charge < -0.3 is 31.2 Å². The number of fused-ring (bicyclic) bond motifs is 1. The molecule has 5 N–H and O–H groups in total. The Bertz CT molecular complexity index is 1190. The number of carbonyl (C=O) groups is 4. The Balaban J connectivity index is 0.00000400. The number of halogens is 1. The quantitative estimate of drug-likeness (QED) is 0.442. The molecule has 12 nitrogen and oxygen atoms in total. The Kier molecular flexibility index (Phi) is 9.77. The minimum atomic E-state index is -0.886. The van der Waals surface area contributed by atoms with Crippen LogP contribution in [0.4, 0.5) is 5.82 Å². The van der Waals surface area contributed by atoms with Crippen molar-refractivity contribution in [2.45, 2.75) is 44.3 Å². The summed E-state index contributed by atoms with van der Waals surface area (Å²) in [7, 11) is 5.41. The summed E-state index contributed by atoms with van der Waals surface area (Å²) in [6.07, 6.45) is 3.42. The van der Waals surface area contributed by atoms with E-state index in [9.17, 15) is 19.2 Å².